The van der Waals surface area contributed by atoms with Crippen molar-refractivity contribution < 1.29 is 9.13 Å². The summed E-state index contributed by atoms with van der Waals surface area (Å²) in [5.41, 5.74) is 1.45. The van der Waals surface area contributed by atoms with Crippen molar-refractivity contribution in [3.63, 3.8) is 0 Å². The molecule has 18 heavy (non-hydrogen) atoms. The molecular weight excluding hydrogens is 274 g/mol. The van der Waals surface area contributed by atoms with Crippen molar-refractivity contribution in [2.24, 2.45) is 0 Å². The Morgan fingerprint density at radius 2 is 1.78 bits per heavy atom. The molecule has 1 nitrogen and oxygen atoms in total. The van der Waals surface area contributed by atoms with Gasteiger partial charge in [0.15, 0.2) is 0 Å². The van der Waals surface area contributed by atoms with Crippen LogP contribution in [0, 0.1) is 5.82 Å². The molecule has 0 heterocycles. The van der Waals surface area contributed by atoms with Crippen LogP contribution in [-0.4, -0.2) is 0 Å². The average molecular weight is 285 g/mol. The summed E-state index contributed by atoms with van der Waals surface area (Å²) < 4.78 is 19.1. The second-order valence-corrected chi connectivity index (χ2v) is 4.45. The van der Waals surface area contributed by atoms with E-state index in [2.05, 4.69) is 0 Å². The van der Waals surface area contributed by atoms with Crippen LogP contribution in [0.2, 0.25) is 5.02 Å². The van der Waals surface area contributed by atoms with Gasteiger partial charge in [-0.1, -0.05) is 35.9 Å². The molecule has 2 aromatic rings. The fourth-order valence-corrected chi connectivity index (χ4v) is 1.87. The van der Waals surface area contributed by atoms with E-state index < -0.39 is 5.82 Å². The molecule has 0 radical (unpaired) electrons. The Kier molecular flexibility index (Phi) is 4.45. The predicted octanol–water partition coefficient (Wildman–Crippen LogP) is 4.80. The van der Waals surface area contributed by atoms with Gasteiger partial charge in [0.1, 0.15) is 18.2 Å². The van der Waals surface area contributed by atoms with E-state index in [1.807, 2.05) is 12.1 Å². The number of hydrogen-bond acceptors (Lipinski definition) is 1. The van der Waals surface area contributed by atoms with Gasteiger partial charge in [0.2, 0.25) is 0 Å². The standard InChI is InChI=1S/C14H11Cl2FO/c15-8-10-4-6-12(7-5-10)18-9-11-2-1-3-13(16)14(11)17/h1-7H,8-9H2. The maximum atomic E-state index is 13.6. The number of hydrogen-bond donors (Lipinski definition) is 0. The number of halogens is 3. The maximum absolute atomic E-state index is 13.6. The molecule has 0 fully saturated rings. The first-order valence-corrected chi connectivity index (χ1v) is 6.32. The van der Waals surface area contributed by atoms with Crippen LogP contribution in [-0.2, 0) is 12.5 Å². The van der Waals surface area contributed by atoms with Gasteiger partial charge in [0, 0.05) is 11.4 Å². The lowest BCUT2D eigenvalue weighted by atomic mass is 10.2. The summed E-state index contributed by atoms with van der Waals surface area (Å²) >= 11 is 11.4. The Hall–Kier alpha value is -1.25. The first kappa shape index (κ1) is 13.2. The lowest BCUT2D eigenvalue weighted by molar-refractivity contribution is 0.300. The molecular formula is C14H11Cl2FO. The van der Waals surface area contributed by atoms with Crippen molar-refractivity contribution in [2.45, 2.75) is 12.5 Å². The van der Waals surface area contributed by atoms with Gasteiger partial charge in [-0.2, -0.15) is 0 Å². The Morgan fingerprint density at radius 1 is 1.06 bits per heavy atom. The zero-order chi connectivity index (χ0) is 13.0. The molecule has 0 aliphatic carbocycles. The Balaban J connectivity index is 2.04. The molecule has 2 rings (SSSR count). The Bertz CT molecular complexity index is 526. The van der Waals surface area contributed by atoms with Crippen LogP contribution >= 0.6 is 23.2 Å². The first-order chi connectivity index (χ1) is 8.70. The molecule has 0 bridgehead atoms. The number of ether oxygens (including phenoxy) is 1. The van der Waals surface area contributed by atoms with Crippen LogP contribution in [0.4, 0.5) is 4.39 Å². The summed E-state index contributed by atoms with van der Waals surface area (Å²) in [6.07, 6.45) is 0. The third-order valence-corrected chi connectivity index (χ3v) is 3.10. The minimum absolute atomic E-state index is 0.105. The third-order valence-electron chi connectivity index (χ3n) is 2.50. The molecule has 0 aliphatic rings. The maximum Gasteiger partial charge on any atom is 0.148 e. The van der Waals surface area contributed by atoms with E-state index in [0.29, 0.717) is 17.2 Å². The fraction of sp³-hybridized carbons (Fsp3) is 0.143. The van der Waals surface area contributed by atoms with Crippen LogP contribution in [0.3, 0.4) is 0 Å². The SMILES string of the molecule is Fc1c(Cl)cccc1COc1ccc(CCl)cc1. The molecule has 0 aliphatic heterocycles. The van der Waals surface area contributed by atoms with Gasteiger partial charge in [-0.25, -0.2) is 4.39 Å². The minimum atomic E-state index is -0.434. The number of alkyl halides is 1. The second-order valence-electron chi connectivity index (χ2n) is 3.78. The highest BCUT2D eigenvalue weighted by Crippen LogP contribution is 2.20. The highest BCUT2D eigenvalue weighted by molar-refractivity contribution is 6.30. The van der Waals surface area contributed by atoms with Crippen LogP contribution in [0.15, 0.2) is 42.5 Å². The quantitative estimate of drug-likeness (QED) is 0.733. The van der Waals surface area contributed by atoms with Crippen LogP contribution in [0.5, 0.6) is 5.75 Å². The first-order valence-electron chi connectivity index (χ1n) is 5.41. The van der Waals surface area contributed by atoms with E-state index in [1.165, 1.54) is 6.07 Å². The summed E-state index contributed by atoms with van der Waals surface area (Å²) in [5, 5.41) is 0.105. The van der Waals surface area contributed by atoms with Crippen LogP contribution < -0.4 is 4.74 Å². The summed E-state index contributed by atoms with van der Waals surface area (Å²) in [6.45, 7) is 0.145. The lowest BCUT2D eigenvalue weighted by Crippen LogP contribution is -1.98. The van der Waals surface area contributed by atoms with Crippen molar-refractivity contribution in [1.82, 2.24) is 0 Å². The number of rotatable bonds is 4. The van der Waals surface area contributed by atoms with Gasteiger partial charge in [-0.15, -0.1) is 11.6 Å². The van der Waals surface area contributed by atoms with Crippen molar-refractivity contribution in [2.75, 3.05) is 0 Å². The largest absolute Gasteiger partial charge is 0.489 e. The molecule has 4 heteroatoms. The minimum Gasteiger partial charge on any atom is -0.489 e. The van der Waals surface area contributed by atoms with Crippen LogP contribution in [0.25, 0.3) is 0 Å². The molecule has 0 unspecified atom stereocenters. The molecule has 0 spiro atoms. The Labute approximate surface area is 115 Å². The van der Waals surface area contributed by atoms with E-state index in [0.717, 1.165) is 5.56 Å². The highest BCUT2D eigenvalue weighted by Gasteiger charge is 2.06. The third kappa shape index (κ3) is 3.15. The fourth-order valence-electron chi connectivity index (χ4n) is 1.50. The van der Waals surface area contributed by atoms with Gasteiger partial charge in [0.25, 0.3) is 0 Å². The van der Waals surface area contributed by atoms with Gasteiger partial charge in [-0.3, -0.25) is 0 Å². The van der Waals surface area contributed by atoms with Crippen LogP contribution in [0.1, 0.15) is 11.1 Å². The lowest BCUT2D eigenvalue weighted by Gasteiger charge is -2.08. The van der Waals surface area contributed by atoms with E-state index in [9.17, 15) is 4.39 Å². The van der Waals surface area contributed by atoms with Crippen molar-refractivity contribution in [1.29, 1.82) is 0 Å². The van der Waals surface area contributed by atoms with E-state index >= 15 is 0 Å². The monoisotopic (exact) mass is 284 g/mol. The van der Waals surface area contributed by atoms with Crippen molar-refractivity contribution in [3.8, 4) is 5.75 Å². The topological polar surface area (TPSA) is 9.23 Å². The van der Waals surface area contributed by atoms with Crippen molar-refractivity contribution in [3.05, 3.63) is 64.4 Å². The average Bonchev–Trinajstić information content (AvgIpc) is 2.41. The van der Waals surface area contributed by atoms with Gasteiger partial charge in [0.05, 0.1) is 5.02 Å². The zero-order valence-electron chi connectivity index (χ0n) is 9.50. The van der Waals surface area contributed by atoms with Gasteiger partial charge in [-0.05, 0) is 23.8 Å². The Morgan fingerprint density at radius 3 is 2.44 bits per heavy atom. The molecule has 0 saturated carbocycles. The summed E-state index contributed by atoms with van der Waals surface area (Å²) in [6, 6.07) is 12.2. The molecule has 94 valence electrons. The summed E-state index contributed by atoms with van der Waals surface area (Å²) in [4.78, 5) is 0. The van der Waals surface area contributed by atoms with Crippen molar-refractivity contribution >= 4 is 23.2 Å². The van der Waals surface area contributed by atoms with E-state index in [1.54, 1.807) is 24.3 Å². The summed E-state index contributed by atoms with van der Waals surface area (Å²) in [5.74, 6) is 0.697. The molecule has 0 atom stereocenters. The normalized spacial score (nSPS) is 10.4. The van der Waals surface area contributed by atoms with Gasteiger partial charge >= 0.3 is 0 Å². The number of benzene rings is 2. The molecule has 0 amide bonds. The highest BCUT2D eigenvalue weighted by atomic mass is 35.5. The molecule has 0 aromatic heterocycles. The molecule has 2 aromatic carbocycles. The molecule has 0 N–H and O–H groups in total. The zero-order valence-corrected chi connectivity index (χ0v) is 11.0. The second kappa shape index (κ2) is 6.07. The van der Waals surface area contributed by atoms with Gasteiger partial charge < -0.3 is 4.74 Å². The predicted molar refractivity (Wildman–Crippen MR) is 71.7 cm³/mol. The summed E-state index contributed by atoms with van der Waals surface area (Å²) in [7, 11) is 0. The molecule has 0 saturated heterocycles. The smallest absolute Gasteiger partial charge is 0.148 e. The van der Waals surface area contributed by atoms with E-state index in [-0.39, 0.29) is 11.6 Å². The van der Waals surface area contributed by atoms with E-state index in [4.69, 9.17) is 27.9 Å².